The first-order valence-corrected chi connectivity index (χ1v) is 3.98. The molecule has 0 amide bonds. The molecule has 0 fully saturated rings. The van der Waals surface area contributed by atoms with Gasteiger partial charge >= 0.3 is 58.4 Å². The topological polar surface area (TPSA) is 30.7 Å². The monoisotopic (exact) mass is 239 g/mol. The minimum Gasteiger partial charge on any atom is -0.445 e. The Morgan fingerprint density at radius 3 is 2.53 bits per heavy atom. The molecular weight excluding hydrogens is 233 g/mol. The maximum Gasteiger partial charge on any atom is 1.00 e. The van der Waals surface area contributed by atoms with Crippen LogP contribution in [0.2, 0.25) is 0 Å². The van der Waals surface area contributed by atoms with E-state index < -0.39 is 12.4 Å². The summed E-state index contributed by atoms with van der Waals surface area (Å²) < 4.78 is 38.9. The number of halogens is 3. The average Bonchev–Trinajstić information content (AvgIpc) is 2.46. The molecule has 1 aromatic heterocycles. The van der Waals surface area contributed by atoms with Crippen molar-refractivity contribution in [1.29, 1.82) is 0 Å². The number of aromatic nitrogens is 3. The number of rotatable bonds is 1. The Labute approximate surface area is 126 Å². The van der Waals surface area contributed by atoms with Crippen molar-refractivity contribution in [2.24, 2.45) is 7.05 Å². The largest absolute Gasteiger partial charge is 1.00 e. The molecule has 0 bridgehead atoms. The number of hydrogen-bond donors (Lipinski definition) is 0. The van der Waals surface area contributed by atoms with Crippen LogP contribution in [-0.2, 0) is 7.05 Å². The third kappa shape index (κ3) is 2.44. The van der Waals surface area contributed by atoms with Gasteiger partial charge in [-0.1, -0.05) is 22.8 Å². The minimum absolute atomic E-state index is 0. The van der Waals surface area contributed by atoms with Crippen molar-refractivity contribution >= 4 is 23.5 Å². The molecule has 0 spiro atoms. The Morgan fingerprint density at radius 1 is 1.27 bits per heavy atom. The number of fused-ring (bicyclic) bond motifs is 1. The van der Waals surface area contributed by atoms with Crippen molar-refractivity contribution < 1.29 is 64.3 Å². The summed E-state index contributed by atoms with van der Waals surface area (Å²) in [5.74, 6) is 0. The van der Waals surface area contributed by atoms with Gasteiger partial charge in [0.25, 0.3) is 0 Å². The predicted molar refractivity (Wildman–Crippen MR) is 47.2 cm³/mol. The van der Waals surface area contributed by atoms with Crippen LogP contribution in [0.3, 0.4) is 0 Å². The van der Waals surface area contributed by atoms with E-state index in [0.29, 0.717) is 5.52 Å². The molecule has 0 saturated carbocycles. The van der Waals surface area contributed by atoms with Gasteiger partial charge in [-0.3, -0.25) is 0 Å². The molecule has 74 valence electrons. The molecule has 3 nitrogen and oxygen atoms in total. The molecule has 2 rings (SSSR count). The van der Waals surface area contributed by atoms with Gasteiger partial charge in [0, 0.05) is 7.05 Å². The van der Waals surface area contributed by atoms with Crippen LogP contribution < -0.4 is 56.8 Å². The van der Waals surface area contributed by atoms with Gasteiger partial charge in [0.1, 0.15) is 0 Å². The van der Waals surface area contributed by atoms with Crippen molar-refractivity contribution in [3.05, 3.63) is 18.2 Å². The second-order valence-corrected chi connectivity index (χ2v) is 3.00. The fourth-order valence-electron chi connectivity index (χ4n) is 1.34. The van der Waals surface area contributed by atoms with Crippen LogP contribution in [-0.4, -0.2) is 22.0 Å². The second-order valence-electron chi connectivity index (χ2n) is 3.00. The van der Waals surface area contributed by atoms with Crippen LogP contribution >= 0.6 is 0 Å². The molecule has 0 unspecified atom stereocenters. The van der Waals surface area contributed by atoms with E-state index in [2.05, 4.69) is 10.3 Å². The van der Waals surface area contributed by atoms with Gasteiger partial charge in [0.15, 0.2) is 0 Å². The molecule has 2 aromatic rings. The van der Waals surface area contributed by atoms with E-state index in [0.717, 1.165) is 6.07 Å². The standard InChI is InChI=1S/C7H6BF3N3.K/c1-14-6-4-2-3-5(8(9,10)11)7(6)12-13-14;/h2-4H,1H3;/q-1;+1. The van der Waals surface area contributed by atoms with E-state index in [9.17, 15) is 12.9 Å². The van der Waals surface area contributed by atoms with Crippen molar-refractivity contribution in [3.8, 4) is 0 Å². The molecule has 1 heterocycles. The van der Waals surface area contributed by atoms with Crippen LogP contribution in [0.4, 0.5) is 12.9 Å². The van der Waals surface area contributed by atoms with Crippen LogP contribution in [0.25, 0.3) is 11.0 Å². The fraction of sp³-hybridized carbons (Fsp3) is 0.143. The zero-order valence-electron chi connectivity index (χ0n) is 8.28. The van der Waals surface area contributed by atoms with Gasteiger partial charge in [0.05, 0.1) is 11.0 Å². The summed E-state index contributed by atoms with van der Waals surface area (Å²) in [7, 11) is 1.56. The number of aryl methyl sites for hydroxylation is 1. The average molecular weight is 239 g/mol. The predicted octanol–water partition coefficient (Wildman–Crippen LogP) is -1.97. The molecule has 0 aliphatic rings. The van der Waals surface area contributed by atoms with E-state index in [1.807, 2.05) is 0 Å². The molecule has 0 aliphatic heterocycles. The van der Waals surface area contributed by atoms with E-state index >= 15 is 0 Å². The molecule has 8 heteroatoms. The summed E-state index contributed by atoms with van der Waals surface area (Å²) in [6.45, 7) is -5.02. The quantitative estimate of drug-likeness (QED) is 0.540. The van der Waals surface area contributed by atoms with Gasteiger partial charge in [-0.25, -0.2) is 4.68 Å². The van der Waals surface area contributed by atoms with E-state index in [4.69, 9.17) is 0 Å². The summed E-state index contributed by atoms with van der Waals surface area (Å²) in [6.07, 6.45) is 0. The number of hydrogen-bond acceptors (Lipinski definition) is 2. The molecule has 0 atom stereocenters. The summed E-state index contributed by atoms with van der Waals surface area (Å²) in [5, 5.41) is 7.04. The second kappa shape index (κ2) is 4.54. The molecule has 0 N–H and O–H groups in total. The number of nitrogens with zero attached hydrogens (tertiary/aromatic N) is 3. The van der Waals surface area contributed by atoms with Crippen molar-refractivity contribution in [2.75, 3.05) is 0 Å². The maximum absolute atomic E-state index is 12.5. The first-order valence-electron chi connectivity index (χ1n) is 3.98. The van der Waals surface area contributed by atoms with Crippen LogP contribution in [0.5, 0.6) is 0 Å². The summed E-state index contributed by atoms with van der Waals surface area (Å²) in [5.41, 5.74) is -0.375. The Bertz CT molecular complexity index is 482. The molecule has 1 aromatic carbocycles. The molecule has 0 radical (unpaired) electrons. The van der Waals surface area contributed by atoms with Gasteiger partial charge in [-0.2, -0.15) is 0 Å². The first kappa shape index (κ1) is 13.2. The van der Waals surface area contributed by atoms with E-state index in [-0.39, 0.29) is 56.9 Å². The van der Waals surface area contributed by atoms with E-state index in [1.165, 1.54) is 10.7 Å². The third-order valence-electron chi connectivity index (χ3n) is 2.03. The van der Waals surface area contributed by atoms with Gasteiger partial charge in [0.2, 0.25) is 0 Å². The molecule has 0 saturated heterocycles. The number of benzene rings is 1. The van der Waals surface area contributed by atoms with Crippen molar-refractivity contribution in [1.82, 2.24) is 15.0 Å². The van der Waals surface area contributed by atoms with Gasteiger partial charge < -0.3 is 12.9 Å². The molecule has 15 heavy (non-hydrogen) atoms. The van der Waals surface area contributed by atoms with Gasteiger partial charge in [-0.05, 0) is 6.07 Å². The van der Waals surface area contributed by atoms with Crippen molar-refractivity contribution in [3.63, 3.8) is 0 Å². The Kier molecular flexibility index (Phi) is 3.99. The molecule has 0 aliphatic carbocycles. The molecular formula is C7H6BF3KN3. The zero-order chi connectivity index (χ0) is 10.3. The first-order chi connectivity index (χ1) is 6.50. The van der Waals surface area contributed by atoms with Crippen molar-refractivity contribution in [2.45, 2.75) is 0 Å². The normalized spacial score (nSPS) is 11.5. The third-order valence-corrected chi connectivity index (χ3v) is 2.03. The summed E-state index contributed by atoms with van der Waals surface area (Å²) in [4.78, 5) is 0. The fourth-order valence-corrected chi connectivity index (χ4v) is 1.34. The SMILES string of the molecule is Cn1nnc2c([B-](F)(F)F)cccc21.[K+]. The van der Waals surface area contributed by atoms with E-state index in [1.54, 1.807) is 13.1 Å². The maximum atomic E-state index is 12.5. The Morgan fingerprint density at radius 2 is 1.93 bits per heavy atom. The minimum atomic E-state index is -5.02. The Hall–Kier alpha value is 0.111. The van der Waals surface area contributed by atoms with Crippen LogP contribution in [0.1, 0.15) is 0 Å². The van der Waals surface area contributed by atoms with Crippen LogP contribution in [0, 0.1) is 0 Å². The van der Waals surface area contributed by atoms with Gasteiger partial charge in [-0.15, -0.1) is 5.10 Å². The Balaban J connectivity index is 0.00000112. The zero-order valence-corrected chi connectivity index (χ0v) is 11.4. The summed E-state index contributed by atoms with van der Waals surface area (Å²) in [6, 6.07) is 3.94. The van der Waals surface area contributed by atoms with Crippen LogP contribution in [0.15, 0.2) is 18.2 Å². The smallest absolute Gasteiger partial charge is 0.445 e. The summed E-state index contributed by atoms with van der Waals surface area (Å²) >= 11 is 0.